The van der Waals surface area contributed by atoms with Gasteiger partial charge in [-0.05, 0) is 55.0 Å². The fourth-order valence-corrected chi connectivity index (χ4v) is 3.45. The monoisotopic (exact) mass is 498 g/mol. The summed E-state index contributed by atoms with van der Waals surface area (Å²) >= 11 is 0. The Labute approximate surface area is 214 Å². The second-order valence-corrected chi connectivity index (χ2v) is 7.95. The molecular weight excluding hydrogens is 472 g/mol. The summed E-state index contributed by atoms with van der Waals surface area (Å²) in [5, 5.41) is 19.0. The first-order chi connectivity index (χ1) is 17.9. The highest BCUT2D eigenvalue weighted by atomic mass is 16.6. The summed E-state index contributed by atoms with van der Waals surface area (Å²) in [5.41, 5.74) is 3.74. The summed E-state index contributed by atoms with van der Waals surface area (Å²) < 4.78 is 10.1. The molecule has 4 rings (SSSR count). The number of hydrogen-bond donors (Lipinski definition) is 4. The van der Waals surface area contributed by atoms with Crippen LogP contribution in [0.1, 0.15) is 11.1 Å². The van der Waals surface area contributed by atoms with E-state index in [0.717, 1.165) is 16.8 Å². The van der Waals surface area contributed by atoms with Crippen molar-refractivity contribution < 1.29 is 19.4 Å². The van der Waals surface area contributed by atoms with Gasteiger partial charge in [-0.3, -0.25) is 4.79 Å². The number of carbonyl (C=O) groups excluding carboxylic acids is 1. The van der Waals surface area contributed by atoms with Crippen molar-refractivity contribution in [2.75, 3.05) is 23.1 Å². The minimum absolute atomic E-state index is 0.0834. The van der Waals surface area contributed by atoms with E-state index in [0.29, 0.717) is 17.1 Å². The number of aliphatic hydroxyl groups is 1. The summed E-state index contributed by atoms with van der Waals surface area (Å²) in [7, 11) is 1.35. The minimum Gasteiger partial charge on any atom is -0.481 e. The number of hydrogen-bond acceptors (Lipinski definition) is 10. The molecule has 188 valence electrons. The maximum atomic E-state index is 11.9. The molecule has 4 N–H and O–H groups in total. The maximum Gasteiger partial charge on any atom is 0.310 e. The van der Waals surface area contributed by atoms with Crippen molar-refractivity contribution in [3.05, 3.63) is 96.4 Å². The molecule has 4 aromatic rings. The summed E-state index contributed by atoms with van der Waals surface area (Å²) in [5.74, 6) is 0.239. The number of rotatable bonds is 10. The highest BCUT2D eigenvalue weighted by Crippen LogP contribution is 2.29. The number of methoxy groups -OCH3 is 1. The highest BCUT2D eigenvalue weighted by molar-refractivity contribution is 5.76. The van der Waals surface area contributed by atoms with Crippen LogP contribution in [0.2, 0.25) is 0 Å². The number of aliphatic hydroxyl groups excluding tert-OH is 1. The number of ether oxygens (including phenoxy) is 2. The van der Waals surface area contributed by atoms with Crippen molar-refractivity contribution >= 4 is 40.9 Å². The number of nitrogens with zero attached hydrogens (tertiary/aromatic N) is 3. The molecule has 0 amide bonds. The normalized spacial score (nSPS) is 10.3. The molecule has 0 fully saturated rings. The van der Waals surface area contributed by atoms with E-state index in [1.165, 1.54) is 7.11 Å². The first-order valence-electron chi connectivity index (χ1n) is 11.3. The zero-order valence-corrected chi connectivity index (χ0v) is 20.4. The van der Waals surface area contributed by atoms with Crippen molar-refractivity contribution in [1.29, 1.82) is 0 Å². The van der Waals surface area contributed by atoms with Gasteiger partial charge >= 0.3 is 5.97 Å². The molecule has 0 unspecified atom stereocenters. The number of carbonyl (C=O) groups is 1. The molecule has 10 nitrogen and oxygen atoms in total. The Kier molecular flexibility index (Phi) is 7.79. The van der Waals surface area contributed by atoms with E-state index in [2.05, 4.69) is 37.5 Å². The van der Waals surface area contributed by atoms with Gasteiger partial charge in [0.25, 0.3) is 5.95 Å². The van der Waals surface area contributed by atoms with Crippen molar-refractivity contribution in [3.63, 3.8) is 0 Å². The Hall–Kier alpha value is -5.12. The van der Waals surface area contributed by atoms with Crippen LogP contribution in [0.5, 0.6) is 5.75 Å². The lowest BCUT2D eigenvalue weighted by Crippen LogP contribution is -2.10. The maximum absolute atomic E-state index is 11.9. The smallest absolute Gasteiger partial charge is 0.310 e. The zero-order chi connectivity index (χ0) is 26.2. The van der Waals surface area contributed by atoms with E-state index < -0.39 is 5.95 Å². The van der Waals surface area contributed by atoms with Crippen LogP contribution in [0.3, 0.4) is 0 Å². The molecule has 37 heavy (non-hydrogen) atoms. The van der Waals surface area contributed by atoms with E-state index >= 15 is 0 Å². The topological polar surface area (TPSA) is 131 Å². The molecule has 0 saturated heterocycles. The second kappa shape index (κ2) is 11.5. The molecule has 0 saturated carbocycles. The molecule has 1 aromatic heterocycles. The van der Waals surface area contributed by atoms with E-state index in [1.807, 2.05) is 55.5 Å². The van der Waals surface area contributed by atoms with Gasteiger partial charge < -0.3 is 30.5 Å². The standard InChI is InChI=1S/C27H26N6O4/c1-17-9-8-11-20(15-17)28-25-31-26(29-21-12-5-4-10-19(21)16-24(35)36-3)33-27(32-25)30-22-13-6-7-14-23(22)37-18(2)34/h4-15,34H,2,16H2,1,3H3,(H3,28,29,30,31,32,33). The molecule has 1 heterocycles. The van der Waals surface area contributed by atoms with Crippen LogP contribution >= 0.6 is 0 Å². The quantitative estimate of drug-likeness (QED) is 0.163. The Morgan fingerprint density at radius 2 is 1.49 bits per heavy atom. The van der Waals surface area contributed by atoms with Crippen LogP contribution in [0.4, 0.5) is 34.9 Å². The first kappa shape index (κ1) is 25.0. The summed E-state index contributed by atoms with van der Waals surface area (Å²) in [6, 6.07) is 22.1. The van der Waals surface area contributed by atoms with Crippen LogP contribution in [-0.2, 0) is 16.0 Å². The average Bonchev–Trinajstić information content (AvgIpc) is 2.86. The number of para-hydroxylation sites is 3. The lowest BCUT2D eigenvalue weighted by molar-refractivity contribution is -0.139. The van der Waals surface area contributed by atoms with Crippen LogP contribution in [0, 0.1) is 6.92 Å². The van der Waals surface area contributed by atoms with Gasteiger partial charge in [-0.1, -0.05) is 42.5 Å². The fourth-order valence-electron chi connectivity index (χ4n) is 3.45. The Morgan fingerprint density at radius 1 is 0.865 bits per heavy atom. The van der Waals surface area contributed by atoms with Crippen LogP contribution in [-0.4, -0.2) is 33.1 Å². The molecule has 0 spiro atoms. The number of nitrogens with one attached hydrogen (secondary N) is 3. The molecule has 0 aliphatic rings. The molecule has 0 bridgehead atoms. The average molecular weight is 499 g/mol. The molecule has 3 aromatic carbocycles. The van der Waals surface area contributed by atoms with Gasteiger partial charge in [0, 0.05) is 11.4 Å². The van der Waals surface area contributed by atoms with Gasteiger partial charge in [0.2, 0.25) is 17.8 Å². The molecule has 10 heteroatoms. The third-order valence-electron chi connectivity index (χ3n) is 5.10. The van der Waals surface area contributed by atoms with Gasteiger partial charge in [0.05, 0.1) is 19.2 Å². The van der Waals surface area contributed by atoms with Crippen LogP contribution in [0.25, 0.3) is 0 Å². The second-order valence-electron chi connectivity index (χ2n) is 7.95. The molecule has 0 aliphatic carbocycles. The van der Waals surface area contributed by atoms with E-state index in [9.17, 15) is 9.90 Å². The van der Waals surface area contributed by atoms with Gasteiger partial charge in [0.15, 0.2) is 5.75 Å². The summed E-state index contributed by atoms with van der Waals surface area (Å²) in [6.07, 6.45) is 0.0834. The number of benzene rings is 3. The minimum atomic E-state index is -0.448. The number of aryl methyl sites for hydroxylation is 1. The molecule has 0 radical (unpaired) electrons. The van der Waals surface area contributed by atoms with Gasteiger partial charge in [-0.15, -0.1) is 0 Å². The molecule has 0 aliphatic heterocycles. The third kappa shape index (κ3) is 6.95. The summed E-state index contributed by atoms with van der Waals surface area (Å²) in [4.78, 5) is 25.4. The van der Waals surface area contributed by atoms with Gasteiger partial charge in [-0.2, -0.15) is 15.0 Å². The van der Waals surface area contributed by atoms with E-state index in [1.54, 1.807) is 24.3 Å². The van der Waals surface area contributed by atoms with Crippen molar-refractivity contribution in [2.45, 2.75) is 13.3 Å². The van der Waals surface area contributed by atoms with Crippen LogP contribution < -0.4 is 20.7 Å². The zero-order valence-electron chi connectivity index (χ0n) is 20.4. The molecular formula is C27H26N6O4. The van der Waals surface area contributed by atoms with Gasteiger partial charge in [-0.25, -0.2) is 0 Å². The van der Waals surface area contributed by atoms with Crippen LogP contribution in [0.15, 0.2) is 85.3 Å². The van der Waals surface area contributed by atoms with E-state index in [-0.39, 0.29) is 30.2 Å². The molecule has 0 atom stereocenters. The number of anilines is 6. The van der Waals surface area contributed by atoms with E-state index in [4.69, 9.17) is 9.47 Å². The lowest BCUT2D eigenvalue weighted by Gasteiger charge is -2.15. The highest BCUT2D eigenvalue weighted by Gasteiger charge is 2.13. The number of aromatic nitrogens is 3. The Morgan fingerprint density at radius 3 is 2.16 bits per heavy atom. The van der Waals surface area contributed by atoms with Crippen molar-refractivity contribution in [3.8, 4) is 5.75 Å². The SMILES string of the molecule is C=C(O)Oc1ccccc1Nc1nc(Nc2cccc(C)c2)nc(Nc2ccccc2CC(=O)OC)n1. The fraction of sp³-hybridized carbons (Fsp3) is 0.111. The largest absolute Gasteiger partial charge is 0.481 e. The first-order valence-corrected chi connectivity index (χ1v) is 11.3. The Bertz CT molecular complexity index is 1430. The predicted molar refractivity (Wildman–Crippen MR) is 142 cm³/mol. The lowest BCUT2D eigenvalue weighted by atomic mass is 10.1. The van der Waals surface area contributed by atoms with Crippen molar-refractivity contribution in [2.24, 2.45) is 0 Å². The van der Waals surface area contributed by atoms with Crippen molar-refractivity contribution in [1.82, 2.24) is 15.0 Å². The predicted octanol–water partition coefficient (Wildman–Crippen LogP) is 5.53. The Balaban J connectivity index is 1.70. The van der Waals surface area contributed by atoms with Gasteiger partial charge in [0.1, 0.15) is 0 Å². The third-order valence-corrected chi connectivity index (χ3v) is 5.10. The summed E-state index contributed by atoms with van der Waals surface area (Å²) in [6.45, 7) is 5.36. The number of esters is 1.